The maximum absolute atomic E-state index is 4.25. The molecule has 2 aliphatic heterocycles. The molecule has 0 unspecified atom stereocenters. The standard InChI is InChI=1S/C5H8N2/c1-3-7-4-2-6-5(1)7/h1-4H2. The molecule has 2 heterocycles. The van der Waals surface area contributed by atoms with Crippen LogP contribution in [0.3, 0.4) is 0 Å². The third kappa shape index (κ3) is 0.315. The summed E-state index contributed by atoms with van der Waals surface area (Å²) in [4.78, 5) is 6.58. The Morgan fingerprint density at radius 2 is 2.43 bits per heavy atom. The second-order valence-corrected chi connectivity index (χ2v) is 2.03. The van der Waals surface area contributed by atoms with Crippen LogP contribution in [-0.4, -0.2) is 30.4 Å². The van der Waals surface area contributed by atoms with Gasteiger partial charge in [-0.05, 0) is 0 Å². The van der Waals surface area contributed by atoms with Crippen LogP contribution in [0.15, 0.2) is 4.99 Å². The topological polar surface area (TPSA) is 15.6 Å². The van der Waals surface area contributed by atoms with Gasteiger partial charge in [-0.1, -0.05) is 0 Å². The van der Waals surface area contributed by atoms with Gasteiger partial charge in [0.25, 0.3) is 0 Å². The van der Waals surface area contributed by atoms with Crippen LogP contribution in [0.5, 0.6) is 0 Å². The number of amidine groups is 1. The number of rotatable bonds is 0. The first-order valence-electron chi connectivity index (χ1n) is 2.75. The van der Waals surface area contributed by atoms with Crippen molar-refractivity contribution in [2.24, 2.45) is 4.99 Å². The van der Waals surface area contributed by atoms with Crippen LogP contribution in [0.2, 0.25) is 0 Å². The van der Waals surface area contributed by atoms with Crippen molar-refractivity contribution in [1.82, 2.24) is 4.90 Å². The summed E-state index contributed by atoms with van der Waals surface area (Å²) in [7, 11) is 0. The highest BCUT2D eigenvalue weighted by molar-refractivity contribution is 5.88. The van der Waals surface area contributed by atoms with Crippen LogP contribution in [0.4, 0.5) is 0 Å². The summed E-state index contributed by atoms with van der Waals surface area (Å²) in [5.74, 6) is 1.35. The lowest BCUT2D eigenvalue weighted by molar-refractivity contribution is 0.399. The van der Waals surface area contributed by atoms with Gasteiger partial charge in [-0.2, -0.15) is 0 Å². The van der Waals surface area contributed by atoms with E-state index in [0.717, 1.165) is 6.54 Å². The van der Waals surface area contributed by atoms with Crippen LogP contribution in [0.1, 0.15) is 6.42 Å². The van der Waals surface area contributed by atoms with Crippen LogP contribution >= 0.6 is 0 Å². The second-order valence-electron chi connectivity index (χ2n) is 2.03. The van der Waals surface area contributed by atoms with Gasteiger partial charge in [0.2, 0.25) is 0 Å². The van der Waals surface area contributed by atoms with Crippen molar-refractivity contribution in [3.63, 3.8) is 0 Å². The Labute approximate surface area is 42.8 Å². The summed E-state index contributed by atoms with van der Waals surface area (Å²) in [5.41, 5.74) is 0. The quantitative estimate of drug-likeness (QED) is 0.417. The van der Waals surface area contributed by atoms with E-state index in [0.29, 0.717) is 0 Å². The number of fused-ring (bicyclic) bond motifs is 1. The van der Waals surface area contributed by atoms with Crippen LogP contribution in [-0.2, 0) is 0 Å². The fourth-order valence-corrected chi connectivity index (χ4v) is 1.09. The minimum Gasteiger partial charge on any atom is -0.358 e. The minimum atomic E-state index is 1.05. The summed E-state index contributed by atoms with van der Waals surface area (Å²) in [6.45, 7) is 3.50. The molecule has 2 heteroatoms. The average Bonchev–Trinajstić information content (AvgIpc) is 1.85. The fraction of sp³-hybridized carbons (Fsp3) is 0.800. The maximum Gasteiger partial charge on any atom is 0.101 e. The molecule has 0 bridgehead atoms. The smallest absolute Gasteiger partial charge is 0.101 e. The Bertz CT molecular complexity index is 117. The van der Waals surface area contributed by atoms with Crippen molar-refractivity contribution in [1.29, 1.82) is 0 Å². The first kappa shape index (κ1) is 3.47. The molecule has 0 saturated carbocycles. The fourth-order valence-electron chi connectivity index (χ4n) is 1.09. The monoisotopic (exact) mass is 96.1 g/mol. The van der Waals surface area contributed by atoms with E-state index >= 15 is 0 Å². The van der Waals surface area contributed by atoms with Crippen molar-refractivity contribution < 1.29 is 0 Å². The Morgan fingerprint density at radius 1 is 1.43 bits per heavy atom. The molecule has 38 valence electrons. The van der Waals surface area contributed by atoms with Crippen molar-refractivity contribution in [2.45, 2.75) is 6.42 Å². The van der Waals surface area contributed by atoms with E-state index in [-0.39, 0.29) is 0 Å². The van der Waals surface area contributed by atoms with E-state index in [1.807, 2.05) is 0 Å². The zero-order chi connectivity index (χ0) is 4.69. The van der Waals surface area contributed by atoms with Gasteiger partial charge in [-0.25, -0.2) is 0 Å². The summed E-state index contributed by atoms with van der Waals surface area (Å²) in [5, 5.41) is 0. The molecule has 0 aromatic heterocycles. The Morgan fingerprint density at radius 3 is 2.71 bits per heavy atom. The third-order valence-corrected chi connectivity index (χ3v) is 1.63. The number of hydrogen-bond donors (Lipinski definition) is 0. The van der Waals surface area contributed by atoms with E-state index in [1.165, 1.54) is 25.3 Å². The van der Waals surface area contributed by atoms with Crippen molar-refractivity contribution in [3.8, 4) is 0 Å². The van der Waals surface area contributed by atoms with Gasteiger partial charge >= 0.3 is 0 Å². The first-order valence-corrected chi connectivity index (χ1v) is 2.75. The van der Waals surface area contributed by atoms with Crippen molar-refractivity contribution in [3.05, 3.63) is 0 Å². The molecular weight excluding hydrogens is 88.1 g/mol. The molecule has 0 aromatic rings. The molecule has 2 aliphatic rings. The van der Waals surface area contributed by atoms with E-state index < -0.39 is 0 Å². The van der Waals surface area contributed by atoms with E-state index in [9.17, 15) is 0 Å². The molecule has 1 fully saturated rings. The average molecular weight is 96.1 g/mol. The zero-order valence-corrected chi connectivity index (χ0v) is 4.22. The second kappa shape index (κ2) is 0.997. The summed E-state index contributed by atoms with van der Waals surface area (Å²) in [6.07, 6.45) is 1.24. The molecule has 2 rings (SSSR count). The number of aliphatic imine (C=N–C) groups is 1. The van der Waals surface area contributed by atoms with Gasteiger partial charge in [0.15, 0.2) is 0 Å². The Balaban J connectivity index is 2.21. The molecule has 0 aliphatic carbocycles. The number of hydrogen-bond acceptors (Lipinski definition) is 2. The highest BCUT2D eigenvalue weighted by Crippen LogP contribution is 2.14. The SMILES string of the molecule is C1CN2CCC2=N1. The Hall–Kier alpha value is -0.530. The maximum atomic E-state index is 4.25. The molecule has 0 spiro atoms. The lowest BCUT2D eigenvalue weighted by Crippen LogP contribution is -2.40. The highest BCUT2D eigenvalue weighted by Gasteiger charge is 2.24. The predicted octanol–water partition coefficient (Wildman–Crippen LogP) is 0.104. The van der Waals surface area contributed by atoms with E-state index in [2.05, 4.69) is 9.89 Å². The molecular formula is C5H8N2. The normalized spacial score (nSPS) is 26.3. The van der Waals surface area contributed by atoms with Gasteiger partial charge in [0, 0.05) is 19.5 Å². The van der Waals surface area contributed by atoms with Gasteiger partial charge in [-0.15, -0.1) is 0 Å². The lowest BCUT2D eigenvalue weighted by atomic mass is 10.2. The first-order chi connectivity index (χ1) is 3.47. The van der Waals surface area contributed by atoms with Crippen LogP contribution in [0.25, 0.3) is 0 Å². The number of nitrogens with zero attached hydrogens (tertiary/aromatic N) is 2. The molecule has 7 heavy (non-hydrogen) atoms. The Kier molecular flexibility index (Phi) is 0.494. The summed E-state index contributed by atoms with van der Waals surface area (Å²) < 4.78 is 0. The highest BCUT2D eigenvalue weighted by atomic mass is 15.3. The molecule has 0 radical (unpaired) electrons. The van der Waals surface area contributed by atoms with Crippen molar-refractivity contribution >= 4 is 5.84 Å². The van der Waals surface area contributed by atoms with Crippen LogP contribution < -0.4 is 0 Å². The molecule has 0 N–H and O–H groups in total. The van der Waals surface area contributed by atoms with Crippen LogP contribution in [0, 0.1) is 0 Å². The van der Waals surface area contributed by atoms with Gasteiger partial charge in [0.1, 0.15) is 5.84 Å². The largest absolute Gasteiger partial charge is 0.358 e. The van der Waals surface area contributed by atoms with Crippen molar-refractivity contribution in [2.75, 3.05) is 19.6 Å². The third-order valence-electron chi connectivity index (χ3n) is 1.63. The van der Waals surface area contributed by atoms with Gasteiger partial charge < -0.3 is 4.90 Å². The predicted molar refractivity (Wildman–Crippen MR) is 28.5 cm³/mol. The molecule has 0 aromatic carbocycles. The molecule has 2 nitrogen and oxygen atoms in total. The van der Waals surface area contributed by atoms with E-state index in [1.54, 1.807) is 0 Å². The summed E-state index contributed by atoms with van der Waals surface area (Å²) >= 11 is 0. The van der Waals surface area contributed by atoms with E-state index in [4.69, 9.17) is 0 Å². The minimum absolute atomic E-state index is 1.05. The molecule has 0 amide bonds. The zero-order valence-electron chi connectivity index (χ0n) is 4.22. The van der Waals surface area contributed by atoms with Gasteiger partial charge in [-0.3, -0.25) is 4.99 Å². The lowest BCUT2D eigenvalue weighted by Gasteiger charge is -2.28. The molecule has 1 saturated heterocycles. The summed E-state index contributed by atoms with van der Waals surface area (Å²) in [6, 6.07) is 0. The van der Waals surface area contributed by atoms with Gasteiger partial charge in [0.05, 0.1) is 6.54 Å². The molecule has 0 atom stereocenters.